The molecule has 0 unspecified atom stereocenters. The van der Waals surface area contributed by atoms with Crippen molar-refractivity contribution in [2.75, 3.05) is 13.1 Å². The minimum Gasteiger partial charge on any atom is -0.316 e. The highest BCUT2D eigenvalue weighted by molar-refractivity contribution is 4.76. The van der Waals surface area contributed by atoms with Crippen molar-refractivity contribution in [2.24, 2.45) is 11.8 Å². The maximum absolute atomic E-state index is 3.24. The van der Waals surface area contributed by atoms with Gasteiger partial charge in [-0.3, -0.25) is 0 Å². The summed E-state index contributed by atoms with van der Waals surface area (Å²) in [4.78, 5) is 0. The van der Waals surface area contributed by atoms with Crippen LogP contribution in [0.15, 0.2) is 0 Å². The zero-order valence-electron chi connectivity index (χ0n) is 7.07. The standard InChI is InChI=1S/C6H13N.C2H6/c1-5(2)6-3-7-4-6;1-2/h5-7H,3-4H2,1-2H3;1-2H3. The predicted molar refractivity (Wildman–Crippen MR) is 42.5 cm³/mol. The summed E-state index contributed by atoms with van der Waals surface area (Å²) >= 11 is 0. The summed E-state index contributed by atoms with van der Waals surface area (Å²) in [6.07, 6.45) is 0. The smallest absolute Gasteiger partial charge is 0.000580 e. The van der Waals surface area contributed by atoms with E-state index in [4.69, 9.17) is 0 Å². The first-order chi connectivity index (χ1) is 4.30. The van der Waals surface area contributed by atoms with E-state index in [1.165, 1.54) is 13.1 Å². The van der Waals surface area contributed by atoms with Crippen LogP contribution in [0.25, 0.3) is 0 Å². The minimum atomic E-state index is 0.890. The molecule has 0 spiro atoms. The van der Waals surface area contributed by atoms with Crippen LogP contribution in [-0.4, -0.2) is 13.1 Å². The van der Waals surface area contributed by atoms with Gasteiger partial charge in [-0.05, 0) is 24.9 Å². The lowest BCUT2D eigenvalue weighted by atomic mass is 9.91. The van der Waals surface area contributed by atoms with Crippen LogP contribution >= 0.6 is 0 Å². The summed E-state index contributed by atoms with van der Waals surface area (Å²) < 4.78 is 0. The van der Waals surface area contributed by atoms with Gasteiger partial charge in [0, 0.05) is 0 Å². The Morgan fingerprint density at radius 2 is 1.67 bits per heavy atom. The Hall–Kier alpha value is -0.0400. The van der Waals surface area contributed by atoms with Gasteiger partial charge in [-0.1, -0.05) is 27.7 Å². The molecule has 1 heterocycles. The third-order valence-electron chi connectivity index (χ3n) is 1.76. The fourth-order valence-corrected chi connectivity index (χ4v) is 0.782. The summed E-state index contributed by atoms with van der Waals surface area (Å²) in [5.41, 5.74) is 0. The molecule has 1 aliphatic heterocycles. The van der Waals surface area contributed by atoms with Gasteiger partial charge in [0.05, 0.1) is 0 Å². The van der Waals surface area contributed by atoms with Gasteiger partial charge in [0.25, 0.3) is 0 Å². The van der Waals surface area contributed by atoms with Gasteiger partial charge in [-0.15, -0.1) is 0 Å². The van der Waals surface area contributed by atoms with Crippen molar-refractivity contribution in [3.05, 3.63) is 0 Å². The average Bonchev–Trinajstić information content (AvgIpc) is 1.65. The summed E-state index contributed by atoms with van der Waals surface area (Å²) in [7, 11) is 0. The van der Waals surface area contributed by atoms with Crippen LogP contribution in [0.5, 0.6) is 0 Å². The molecule has 1 aliphatic rings. The van der Waals surface area contributed by atoms with Crippen LogP contribution < -0.4 is 5.32 Å². The van der Waals surface area contributed by atoms with E-state index in [1.807, 2.05) is 13.8 Å². The monoisotopic (exact) mass is 129 g/mol. The molecule has 0 atom stereocenters. The molecule has 0 amide bonds. The van der Waals surface area contributed by atoms with Crippen molar-refractivity contribution < 1.29 is 0 Å². The second kappa shape index (κ2) is 4.80. The molecule has 0 radical (unpaired) electrons. The lowest BCUT2D eigenvalue weighted by molar-refractivity contribution is 0.265. The Kier molecular flexibility index (Phi) is 4.78. The van der Waals surface area contributed by atoms with Crippen molar-refractivity contribution in [2.45, 2.75) is 27.7 Å². The molecule has 1 rings (SSSR count). The van der Waals surface area contributed by atoms with Crippen LogP contribution in [0.1, 0.15) is 27.7 Å². The molecule has 9 heavy (non-hydrogen) atoms. The molecule has 0 aromatic carbocycles. The Morgan fingerprint density at radius 3 is 1.67 bits per heavy atom. The zero-order valence-corrected chi connectivity index (χ0v) is 7.07. The Morgan fingerprint density at radius 1 is 1.22 bits per heavy atom. The van der Waals surface area contributed by atoms with Crippen LogP contribution in [-0.2, 0) is 0 Å². The van der Waals surface area contributed by atoms with E-state index >= 15 is 0 Å². The van der Waals surface area contributed by atoms with Crippen LogP contribution in [0, 0.1) is 11.8 Å². The molecule has 1 nitrogen and oxygen atoms in total. The maximum Gasteiger partial charge on any atom is -0.000580 e. The largest absolute Gasteiger partial charge is 0.316 e. The number of hydrogen-bond donors (Lipinski definition) is 1. The van der Waals surface area contributed by atoms with E-state index in [1.54, 1.807) is 0 Å². The van der Waals surface area contributed by atoms with Crippen molar-refractivity contribution >= 4 is 0 Å². The third-order valence-corrected chi connectivity index (χ3v) is 1.76. The van der Waals surface area contributed by atoms with Gasteiger partial charge >= 0.3 is 0 Å². The third kappa shape index (κ3) is 2.85. The predicted octanol–water partition coefficient (Wildman–Crippen LogP) is 1.89. The minimum absolute atomic E-state index is 0.890. The van der Waals surface area contributed by atoms with Gasteiger partial charge in [-0.25, -0.2) is 0 Å². The lowest BCUT2D eigenvalue weighted by Gasteiger charge is -2.30. The Labute approximate surface area is 58.8 Å². The highest BCUT2D eigenvalue weighted by atomic mass is 14.9. The van der Waals surface area contributed by atoms with Gasteiger partial charge in [0.2, 0.25) is 0 Å². The van der Waals surface area contributed by atoms with Gasteiger partial charge < -0.3 is 5.32 Å². The lowest BCUT2D eigenvalue weighted by Crippen LogP contribution is -2.44. The van der Waals surface area contributed by atoms with Crippen molar-refractivity contribution in [1.29, 1.82) is 0 Å². The molecule has 1 saturated heterocycles. The fourth-order valence-electron chi connectivity index (χ4n) is 0.782. The Balaban J connectivity index is 0.000000291. The molecule has 1 N–H and O–H groups in total. The zero-order chi connectivity index (χ0) is 7.28. The van der Waals surface area contributed by atoms with Crippen LogP contribution in [0.4, 0.5) is 0 Å². The number of rotatable bonds is 1. The number of nitrogens with one attached hydrogen (secondary N) is 1. The summed E-state index contributed by atoms with van der Waals surface area (Å²) in [5, 5.41) is 3.24. The van der Waals surface area contributed by atoms with E-state index in [9.17, 15) is 0 Å². The highest BCUT2D eigenvalue weighted by Crippen LogP contribution is 2.13. The summed E-state index contributed by atoms with van der Waals surface area (Å²) in [6.45, 7) is 11.1. The van der Waals surface area contributed by atoms with Crippen molar-refractivity contribution in [3.63, 3.8) is 0 Å². The summed E-state index contributed by atoms with van der Waals surface area (Å²) in [5.74, 6) is 1.86. The molecular weight excluding hydrogens is 110 g/mol. The van der Waals surface area contributed by atoms with E-state index < -0.39 is 0 Å². The second-order valence-electron chi connectivity index (χ2n) is 2.66. The molecule has 0 aliphatic carbocycles. The number of hydrogen-bond acceptors (Lipinski definition) is 1. The van der Waals surface area contributed by atoms with E-state index in [2.05, 4.69) is 19.2 Å². The van der Waals surface area contributed by atoms with E-state index in [0.717, 1.165) is 11.8 Å². The van der Waals surface area contributed by atoms with Gasteiger partial charge in [0.15, 0.2) is 0 Å². The normalized spacial score (nSPS) is 18.3. The van der Waals surface area contributed by atoms with Crippen LogP contribution in [0.2, 0.25) is 0 Å². The molecule has 1 fully saturated rings. The molecule has 0 aromatic heterocycles. The van der Waals surface area contributed by atoms with Crippen LogP contribution in [0.3, 0.4) is 0 Å². The van der Waals surface area contributed by atoms with Gasteiger partial charge in [-0.2, -0.15) is 0 Å². The first kappa shape index (κ1) is 8.96. The molecule has 0 bridgehead atoms. The van der Waals surface area contributed by atoms with Gasteiger partial charge in [0.1, 0.15) is 0 Å². The second-order valence-corrected chi connectivity index (χ2v) is 2.66. The molecular formula is C8H19N. The molecule has 0 saturated carbocycles. The summed E-state index contributed by atoms with van der Waals surface area (Å²) in [6, 6.07) is 0. The molecule has 56 valence electrons. The van der Waals surface area contributed by atoms with Crippen molar-refractivity contribution in [3.8, 4) is 0 Å². The van der Waals surface area contributed by atoms with Crippen molar-refractivity contribution in [1.82, 2.24) is 5.32 Å². The maximum atomic E-state index is 3.24. The SMILES string of the molecule is CC.CC(C)C1CNC1. The van der Waals surface area contributed by atoms with E-state index in [0.29, 0.717) is 0 Å². The first-order valence-corrected chi connectivity index (χ1v) is 4.01. The fraction of sp³-hybridized carbons (Fsp3) is 1.00. The average molecular weight is 129 g/mol. The molecule has 1 heteroatoms. The molecule has 0 aromatic rings. The highest BCUT2D eigenvalue weighted by Gasteiger charge is 2.19. The van der Waals surface area contributed by atoms with E-state index in [-0.39, 0.29) is 0 Å². The topological polar surface area (TPSA) is 12.0 Å². The first-order valence-electron chi connectivity index (χ1n) is 4.01. The quantitative estimate of drug-likeness (QED) is 0.570. The Bertz CT molecular complexity index is 55.6.